The molecular formula is C34H54NO3+. The van der Waals surface area contributed by atoms with E-state index in [4.69, 9.17) is 9.47 Å². The van der Waals surface area contributed by atoms with E-state index in [1.807, 2.05) is 6.07 Å². The van der Waals surface area contributed by atoms with E-state index >= 15 is 0 Å². The van der Waals surface area contributed by atoms with Gasteiger partial charge in [0.1, 0.15) is 18.2 Å². The number of aryl methyl sites for hydroxylation is 1. The average Bonchev–Trinajstić information content (AvgIpc) is 2.91. The lowest BCUT2D eigenvalue weighted by molar-refractivity contribution is -0.906. The lowest BCUT2D eigenvalue weighted by Crippen LogP contribution is -2.44. The Labute approximate surface area is 233 Å². The minimum Gasteiger partial charge on any atom is -0.493 e. The summed E-state index contributed by atoms with van der Waals surface area (Å²) in [6, 6.07) is 18.9. The Kier molecular flexibility index (Phi) is 15.8. The molecule has 0 bridgehead atoms. The van der Waals surface area contributed by atoms with Gasteiger partial charge in [-0.15, -0.1) is 0 Å². The van der Waals surface area contributed by atoms with Gasteiger partial charge >= 0.3 is 5.97 Å². The maximum atomic E-state index is 12.8. The fourth-order valence-electron chi connectivity index (χ4n) is 5.09. The molecule has 38 heavy (non-hydrogen) atoms. The van der Waals surface area contributed by atoms with Crippen LogP contribution in [0.5, 0.6) is 5.75 Å². The molecule has 0 aliphatic carbocycles. The SMILES string of the molecule is CCCCCCCCCCc1ccccc1OCCCCOC(=O)C(CC)C[N+](C)(C)Cc1ccccc1. The summed E-state index contributed by atoms with van der Waals surface area (Å²) in [5.41, 5.74) is 2.60. The predicted octanol–water partition coefficient (Wildman–Crippen LogP) is 8.37. The number of carbonyl (C=O) groups excluding carboxylic acids is 1. The molecule has 0 spiro atoms. The number of hydrogen-bond acceptors (Lipinski definition) is 3. The number of nitrogens with zero attached hydrogens (tertiary/aromatic N) is 1. The monoisotopic (exact) mass is 524 g/mol. The second-order valence-corrected chi connectivity index (χ2v) is 11.4. The molecule has 0 radical (unpaired) electrons. The highest BCUT2D eigenvalue weighted by Crippen LogP contribution is 2.21. The molecule has 4 heteroatoms. The van der Waals surface area contributed by atoms with Crippen LogP contribution < -0.4 is 4.74 Å². The predicted molar refractivity (Wildman–Crippen MR) is 159 cm³/mol. The van der Waals surface area contributed by atoms with Crippen molar-refractivity contribution in [2.75, 3.05) is 33.9 Å². The maximum absolute atomic E-state index is 12.8. The molecule has 0 N–H and O–H groups in total. The second-order valence-electron chi connectivity index (χ2n) is 11.4. The van der Waals surface area contributed by atoms with E-state index < -0.39 is 0 Å². The summed E-state index contributed by atoms with van der Waals surface area (Å²) in [6.07, 6.45) is 14.3. The van der Waals surface area contributed by atoms with Crippen molar-refractivity contribution in [3.05, 3.63) is 65.7 Å². The van der Waals surface area contributed by atoms with Gasteiger partial charge in [-0.2, -0.15) is 0 Å². The van der Waals surface area contributed by atoms with Gasteiger partial charge in [0.15, 0.2) is 0 Å². The normalized spacial score (nSPS) is 12.3. The van der Waals surface area contributed by atoms with Gasteiger partial charge in [-0.3, -0.25) is 4.79 Å². The Balaban J connectivity index is 1.62. The largest absolute Gasteiger partial charge is 0.493 e. The molecule has 2 aromatic carbocycles. The molecule has 0 saturated carbocycles. The summed E-state index contributed by atoms with van der Waals surface area (Å²) < 4.78 is 12.6. The second kappa shape index (κ2) is 18.8. The molecule has 0 fully saturated rings. The van der Waals surface area contributed by atoms with Crippen LogP contribution in [0.15, 0.2) is 54.6 Å². The van der Waals surface area contributed by atoms with Crippen LogP contribution in [0, 0.1) is 5.92 Å². The van der Waals surface area contributed by atoms with Gasteiger partial charge in [-0.25, -0.2) is 0 Å². The molecule has 2 rings (SSSR count). The fourth-order valence-corrected chi connectivity index (χ4v) is 5.09. The van der Waals surface area contributed by atoms with E-state index in [2.05, 4.69) is 76.5 Å². The van der Waals surface area contributed by atoms with Crippen molar-refractivity contribution in [1.82, 2.24) is 0 Å². The molecule has 212 valence electrons. The Hall–Kier alpha value is -2.33. The molecule has 0 saturated heterocycles. The number of rotatable bonds is 21. The van der Waals surface area contributed by atoms with Gasteiger partial charge in [0.25, 0.3) is 0 Å². The van der Waals surface area contributed by atoms with Crippen molar-refractivity contribution < 1.29 is 18.8 Å². The van der Waals surface area contributed by atoms with E-state index in [0.717, 1.165) is 49.0 Å². The van der Waals surface area contributed by atoms with Crippen LogP contribution in [0.4, 0.5) is 0 Å². The Morgan fingerprint density at radius 3 is 2.11 bits per heavy atom. The number of unbranched alkanes of at least 4 members (excludes halogenated alkanes) is 8. The standard InChI is InChI=1S/C34H54NO3/c1-5-7-8-9-10-11-12-16-23-32-24-17-18-25-33(32)37-26-19-20-27-38-34(36)31(6-2)29-35(3,4)28-30-21-14-13-15-22-30/h13-15,17-18,21-22,24-25,31H,5-12,16,19-20,23,26-29H2,1-4H3/q+1. The molecule has 4 nitrogen and oxygen atoms in total. The molecular weight excluding hydrogens is 470 g/mol. The fraction of sp³-hybridized carbons (Fsp3) is 0.618. The van der Waals surface area contributed by atoms with Crippen molar-refractivity contribution >= 4 is 5.97 Å². The quantitative estimate of drug-likeness (QED) is 0.0934. The van der Waals surface area contributed by atoms with Gasteiger partial charge in [0, 0.05) is 5.56 Å². The molecule has 0 heterocycles. The minimum absolute atomic E-state index is 0.0663. The van der Waals surface area contributed by atoms with Gasteiger partial charge in [0.2, 0.25) is 0 Å². The zero-order valence-corrected chi connectivity index (χ0v) is 24.8. The van der Waals surface area contributed by atoms with Crippen LogP contribution in [0.2, 0.25) is 0 Å². The van der Waals surface area contributed by atoms with E-state index in [1.54, 1.807) is 0 Å². The highest BCUT2D eigenvalue weighted by Gasteiger charge is 2.27. The van der Waals surface area contributed by atoms with Crippen LogP contribution in [0.1, 0.15) is 95.6 Å². The van der Waals surface area contributed by atoms with Gasteiger partial charge in [-0.1, -0.05) is 107 Å². The van der Waals surface area contributed by atoms with Crippen LogP contribution in [-0.2, 0) is 22.5 Å². The molecule has 0 aromatic heterocycles. The van der Waals surface area contributed by atoms with Crippen LogP contribution in [0.25, 0.3) is 0 Å². The first-order valence-corrected chi connectivity index (χ1v) is 15.2. The van der Waals surface area contributed by atoms with Gasteiger partial charge in [0.05, 0.1) is 33.9 Å². The van der Waals surface area contributed by atoms with Crippen molar-refractivity contribution in [2.24, 2.45) is 5.92 Å². The molecule has 0 aliphatic heterocycles. The van der Waals surface area contributed by atoms with E-state index in [9.17, 15) is 4.79 Å². The minimum atomic E-state index is -0.0758. The molecule has 1 unspecified atom stereocenters. The number of carbonyl (C=O) groups is 1. The van der Waals surface area contributed by atoms with E-state index in [-0.39, 0.29) is 11.9 Å². The first kappa shape index (κ1) is 31.9. The number of ether oxygens (including phenoxy) is 2. The van der Waals surface area contributed by atoms with Crippen LogP contribution in [-0.4, -0.2) is 44.3 Å². The Morgan fingerprint density at radius 1 is 0.763 bits per heavy atom. The van der Waals surface area contributed by atoms with Crippen molar-refractivity contribution in [3.8, 4) is 5.75 Å². The third kappa shape index (κ3) is 13.5. The lowest BCUT2D eigenvalue weighted by Gasteiger charge is -2.32. The molecule has 0 amide bonds. The highest BCUT2D eigenvalue weighted by molar-refractivity contribution is 5.72. The number of hydrogen-bond donors (Lipinski definition) is 0. The summed E-state index contributed by atoms with van der Waals surface area (Å²) in [5.74, 6) is 0.869. The number of para-hydroxylation sites is 1. The third-order valence-corrected chi connectivity index (χ3v) is 7.31. The first-order chi connectivity index (χ1) is 18.4. The Bertz CT molecular complexity index is 880. The third-order valence-electron chi connectivity index (χ3n) is 7.31. The van der Waals surface area contributed by atoms with Gasteiger partial charge in [-0.05, 0) is 43.7 Å². The van der Waals surface area contributed by atoms with Crippen LogP contribution in [0.3, 0.4) is 0 Å². The summed E-state index contributed by atoms with van der Waals surface area (Å²) in [7, 11) is 4.37. The van der Waals surface area contributed by atoms with Crippen molar-refractivity contribution in [1.29, 1.82) is 0 Å². The molecule has 0 aliphatic rings. The summed E-state index contributed by atoms with van der Waals surface area (Å²) >= 11 is 0. The van der Waals surface area contributed by atoms with E-state index in [0.29, 0.717) is 13.2 Å². The average molecular weight is 525 g/mol. The van der Waals surface area contributed by atoms with Crippen molar-refractivity contribution in [2.45, 2.75) is 97.4 Å². The number of quaternary nitrogens is 1. The van der Waals surface area contributed by atoms with Crippen molar-refractivity contribution in [3.63, 3.8) is 0 Å². The smallest absolute Gasteiger partial charge is 0.314 e. The highest BCUT2D eigenvalue weighted by atomic mass is 16.5. The van der Waals surface area contributed by atoms with E-state index in [1.165, 1.54) is 62.5 Å². The molecule has 1 atom stereocenters. The lowest BCUT2D eigenvalue weighted by atomic mass is 10.0. The summed E-state index contributed by atoms with van der Waals surface area (Å²) in [5, 5.41) is 0. The summed E-state index contributed by atoms with van der Waals surface area (Å²) in [4.78, 5) is 12.8. The first-order valence-electron chi connectivity index (χ1n) is 15.2. The van der Waals surface area contributed by atoms with Crippen LogP contribution >= 0.6 is 0 Å². The summed E-state index contributed by atoms with van der Waals surface area (Å²) in [6.45, 7) is 7.15. The number of esters is 1. The number of benzene rings is 2. The van der Waals surface area contributed by atoms with Gasteiger partial charge < -0.3 is 14.0 Å². The maximum Gasteiger partial charge on any atom is 0.314 e. The molecule has 2 aromatic rings. The zero-order valence-electron chi connectivity index (χ0n) is 24.8. The Morgan fingerprint density at radius 2 is 1.39 bits per heavy atom. The topological polar surface area (TPSA) is 35.5 Å². The zero-order chi connectivity index (χ0) is 27.5.